The van der Waals surface area contributed by atoms with Crippen LogP contribution in [-0.4, -0.2) is 38.1 Å². The Bertz CT molecular complexity index is 422. The molecule has 0 aliphatic carbocycles. The summed E-state index contributed by atoms with van der Waals surface area (Å²) in [6, 6.07) is 6.63. The van der Waals surface area contributed by atoms with E-state index in [9.17, 15) is 9.18 Å². The monoisotopic (exact) mass is 237 g/mol. The van der Waals surface area contributed by atoms with Gasteiger partial charge < -0.3 is 9.64 Å². The number of carbonyl (C=O) groups is 1. The summed E-state index contributed by atoms with van der Waals surface area (Å²) in [6.07, 6.45) is 0. The summed E-state index contributed by atoms with van der Waals surface area (Å²) >= 11 is 0. The van der Waals surface area contributed by atoms with Crippen molar-refractivity contribution >= 4 is 5.97 Å². The maximum Gasteiger partial charge on any atom is 0.310 e. The van der Waals surface area contributed by atoms with E-state index in [1.807, 2.05) is 11.9 Å². The van der Waals surface area contributed by atoms with E-state index >= 15 is 0 Å². The van der Waals surface area contributed by atoms with Gasteiger partial charge in [0.15, 0.2) is 0 Å². The predicted molar refractivity (Wildman–Crippen MR) is 62.1 cm³/mol. The molecule has 2 atom stereocenters. The first-order valence-electron chi connectivity index (χ1n) is 5.64. The maximum absolute atomic E-state index is 13.7. The molecule has 1 aliphatic rings. The first-order chi connectivity index (χ1) is 8.13. The van der Waals surface area contributed by atoms with Gasteiger partial charge in [-0.3, -0.25) is 4.79 Å². The number of rotatable bonds is 2. The van der Waals surface area contributed by atoms with Crippen LogP contribution in [0, 0.1) is 11.7 Å². The Morgan fingerprint density at radius 1 is 1.41 bits per heavy atom. The van der Waals surface area contributed by atoms with Crippen molar-refractivity contribution < 1.29 is 13.9 Å². The molecule has 0 spiro atoms. The van der Waals surface area contributed by atoms with Gasteiger partial charge in [0, 0.05) is 19.0 Å². The second-order valence-electron chi connectivity index (χ2n) is 4.48. The first kappa shape index (κ1) is 12.0. The fourth-order valence-electron chi connectivity index (χ4n) is 2.48. The quantitative estimate of drug-likeness (QED) is 0.732. The van der Waals surface area contributed by atoms with Gasteiger partial charge in [0.1, 0.15) is 5.82 Å². The maximum atomic E-state index is 13.7. The number of likely N-dealkylation sites (tertiary alicyclic amines) is 1. The minimum Gasteiger partial charge on any atom is -0.469 e. The average Bonchev–Trinajstić information content (AvgIpc) is 2.71. The number of methoxy groups -OCH3 is 1. The van der Waals surface area contributed by atoms with Gasteiger partial charge >= 0.3 is 5.97 Å². The van der Waals surface area contributed by atoms with Crippen LogP contribution < -0.4 is 0 Å². The van der Waals surface area contributed by atoms with Crippen LogP contribution in [0.25, 0.3) is 0 Å². The second kappa shape index (κ2) is 4.84. The van der Waals surface area contributed by atoms with Gasteiger partial charge in [-0.2, -0.15) is 0 Å². The average molecular weight is 237 g/mol. The Balaban J connectivity index is 2.30. The zero-order chi connectivity index (χ0) is 12.4. The number of ether oxygens (including phenoxy) is 1. The molecule has 92 valence electrons. The standard InChI is InChI=1S/C13H16FNO2/c1-15-7-10(11(8-15)13(16)17-2)9-5-3-4-6-12(9)14/h3-6,10-11H,7-8H2,1-2H3/t10-,11+/m0/s1. The number of benzene rings is 1. The van der Waals surface area contributed by atoms with Crippen molar-refractivity contribution in [3.63, 3.8) is 0 Å². The lowest BCUT2D eigenvalue weighted by molar-refractivity contribution is -0.145. The van der Waals surface area contributed by atoms with E-state index in [0.717, 1.165) is 0 Å². The molecule has 1 aromatic carbocycles. The summed E-state index contributed by atoms with van der Waals surface area (Å²) in [5, 5.41) is 0. The van der Waals surface area contributed by atoms with E-state index in [4.69, 9.17) is 4.74 Å². The van der Waals surface area contributed by atoms with Gasteiger partial charge in [-0.1, -0.05) is 18.2 Å². The molecule has 0 unspecified atom stereocenters. The highest BCUT2D eigenvalue weighted by molar-refractivity contribution is 5.74. The molecule has 17 heavy (non-hydrogen) atoms. The Hall–Kier alpha value is -1.42. The SMILES string of the molecule is COC(=O)[C@@H]1CN(C)C[C@H]1c1ccccc1F. The number of carbonyl (C=O) groups excluding carboxylic acids is 1. The molecule has 0 radical (unpaired) electrons. The Labute approximate surface area is 100 Å². The molecule has 4 heteroatoms. The number of hydrogen-bond acceptors (Lipinski definition) is 3. The smallest absolute Gasteiger partial charge is 0.310 e. The third-order valence-corrected chi connectivity index (χ3v) is 3.31. The molecule has 0 saturated carbocycles. The zero-order valence-corrected chi connectivity index (χ0v) is 10.0. The van der Waals surface area contributed by atoms with Crippen molar-refractivity contribution in [1.29, 1.82) is 0 Å². The fraction of sp³-hybridized carbons (Fsp3) is 0.462. The number of hydrogen-bond donors (Lipinski definition) is 0. The predicted octanol–water partition coefficient (Wildman–Crippen LogP) is 1.64. The van der Waals surface area contributed by atoms with Crippen LogP contribution in [0.1, 0.15) is 11.5 Å². The van der Waals surface area contributed by atoms with Gasteiger partial charge in [0.25, 0.3) is 0 Å². The van der Waals surface area contributed by atoms with Crippen molar-refractivity contribution in [2.24, 2.45) is 5.92 Å². The van der Waals surface area contributed by atoms with Gasteiger partial charge in [0.05, 0.1) is 13.0 Å². The summed E-state index contributed by atoms with van der Waals surface area (Å²) in [5.74, 6) is -0.903. The minimum atomic E-state index is -0.276. The summed E-state index contributed by atoms with van der Waals surface area (Å²) in [4.78, 5) is 13.7. The molecule has 0 amide bonds. The molecule has 1 saturated heterocycles. The second-order valence-corrected chi connectivity index (χ2v) is 4.48. The zero-order valence-electron chi connectivity index (χ0n) is 10.0. The molecule has 2 rings (SSSR count). The van der Waals surface area contributed by atoms with Crippen molar-refractivity contribution in [2.45, 2.75) is 5.92 Å². The highest BCUT2D eigenvalue weighted by Gasteiger charge is 2.38. The van der Waals surface area contributed by atoms with Crippen LogP contribution in [0.3, 0.4) is 0 Å². The largest absolute Gasteiger partial charge is 0.469 e. The van der Waals surface area contributed by atoms with E-state index in [1.54, 1.807) is 18.2 Å². The fourth-order valence-corrected chi connectivity index (χ4v) is 2.48. The lowest BCUT2D eigenvalue weighted by Gasteiger charge is -2.17. The van der Waals surface area contributed by atoms with Crippen LogP contribution in [0.5, 0.6) is 0 Å². The summed E-state index contributed by atoms with van der Waals surface area (Å²) in [6.45, 7) is 1.30. The molecule has 1 fully saturated rings. The normalized spacial score (nSPS) is 24.9. The molecule has 1 aliphatic heterocycles. The molecular weight excluding hydrogens is 221 g/mol. The van der Waals surface area contributed by atoms with Crippen molar-refractivity contribution in [3.8, 4) is 0 Å². The van der Waals surface area contributed by atoms with Gasteiger partial charge in [-0.05, 0) is 18.7 Å². The summed E-state index contributed by atoms with van der Waals surface area (Å²) in [5.41, 5.74) is 0.604. The van der Waals surface area contributed by atoms with Crippen molar-refractivity contribution in [2.75, 3.05) is 27.2 Å². The third kappa shape index (κ3) is 2.31. The van der Waals surface area contributed by atoms with Gasteiger partial charge in [-0.15, -0.1) is 0 Å². The van der Waals surface area contributed by atoms with Gasteiger partial charge in [0.2, 0.25) is 0 Å². The number of nitrogens with zero attached hydrogens (tertiary/aromatic N) is 1. The topological polar surface area (TPSA) is 29.5 Å². The van der Waals surface area contributed by atoms with Crippen LogP contribution in [-0.2, 0) is 9.53 Å². The highest BCUT2D eigenvalue weighted by atomic mass is 19.1. The van der Waals surface area contributed by atoms with Crippen LogP contribution >= 0.6 is 0 Å². The highest BCUT2D eigenvalue weighted by Crippen LogP contribution is 2.33. The molecule has 3 nitrogen and oxygen atoms in total. The molecular formula is C13H16FNO2. The van der Waals surface area contributed by atoms with Crippen LogP contribution in [0.15, 0.2) is 24.3 Å². The van der Waals surface area contributed by atoms with Crippen LogP contribution in [0.2, 0.25) is 0 Å². The van der Waals surface area contributed by atoms with E-state index in [2.05, 4.69) is 0 Å². The summed E-state index contributed by atoms with van der Waals surface area (Å²) in [7, 11) is 3.30. The lowest BCUT2D eigenvalue weighted by atomic mass is 9.88. The first-order valence-corrected chi connectivity index (χ1v) is 5.64. The van der Waals surface area contributed by atoms with Gasteiger partial charge in [-0.25, -0.2) is 4.39 Å². The van der Waals surface area contributed by atoms with E-state index in [1.165, 1.54) is 13.2 Å². The third-order valence-electron chi connectivity index (χ3n) is 3.31. The molecule has 1 heterocycles. The van der Waals surface area contributed by atoms with E-state index in [0.29, 0.717) is 18.7 Å². The van der Waals surface area contributed by atoms with Crippen molar-refractivity contribution in [3.05, 3.63) is 35.6 Å². The van der Waals surface area contributed by atoms with E-state index in [-0.39, 0.29) is 23.6 Å². The number of esters is 1. The van der Waals surface area contributed by atoms with Crippen molar-refractivity contribution in [1.82, 2.24) is 4.90 Å². The van der Waals surface area contributed by atoms with E-state index < -0.39 is 0 Å². The Morgan fingerprint density at radius 2 is 2.12 bits per heavy atom. The molecule has 0 N–H and O–H groups in total. The summed E-state index contributed by atoms with van der Waals surface area (Å²) < 4.78 is 18.5. The number of likely N-dealkylation sites (N-methyl/N-ethyl adjacent to an activating group) is 1. The Kier molecular flexibility index (Phi) is 3.43. The molecule has 0 aromatic heterocycles. The number of halogens is 1. The Morgan fingerprint density at radius 3 is 2.76 bits per heavy atom. The molecule has 0 bridgehead atoms. The van der Waals surface area contributed by atoms with Crippen LogP contribution in [0.4, 0.5) is 4.39 Å². The lowest BCUT2D eigenvalue weighted by Crippen LogP contribution is -2.23. The minimum absolute atomic E-state index is 0.117. The molecule has 1 aromatic rings.